The van der Waals surface area contributed by atoms with E-state index in [9.17, 15) is 9.18 Å². The first kappa shape index (κ1) is 11.3. The first-order chi connectivity index (χ1) is 7.65. The molecule has 0 radical (unpaired) electrons. The van der Waals surface area contributed by atoms with Crippen LogP contribution in [0.25, 0.3) is 0 Å². The third-order valence-electron chi connectivity index (χ3n) is 1.88. The fraction of sp³-hybridized carbons (Fsp3) is 0. The summed E-state index contributed by atoms with van der Waals surface area (Å²) in [6.07, 6.45) is 0. The Labute approximate surface area is 104 Å². The largest absolute Gasteiger partial charge is 0.321 e. The van der Waals surface area contributed by atoms with E-state index in [0.29, 0.717) is 10.6 Å². The van der Waals surface area contributed by atoms with Crippen LogP contribution in [-0.4, -0.2) is 5.91 Å². The number of nitrogens with one attached hydrogen (secondary N) is 1. The van der Waals surface area contributed by atoms with Crippen molar-refractivity contribution in [3.63, 3.8) is 0 Å². The number of halogens is 2. The molecule has 0 spiro atoms. The molecule has 2 aromatic rings. The van der Waals surface area contributed by atoms with Gasteiger partial charge in [0, 0.05) is 5.69 Å². The van der Waals surface area contributed by atoms with Crippen molar-refractivity contribution in [1.82, 2.24) is 0 Å². The van der Waals surface area contributed by atoms with Crippen molar-refractivity contribution in [3.8, 4) is 0 Å². The van der Waals surface area contributed by atoms with E-state index in [1.165, 1.54) is 23.5 Å². The smallest absolute Gasteiger partial charge is 0.265 e. The molecule has 0 aliphatic rings. The van der Waals surface area contributed by atoms with Crippen LogP contribution in [0.5, 0.6) is 0 Å². The number of hydrogen-bond acceptors (Lipinski definition) is 2. The molecule has 0 saturated carbocycles. The zero-order valence-electron chi connectivity index (χ0n) is 8.04. The molecule has 1 heterocycles. The summed E-state index contributed by atoms with van der Waals surface area (Å²) >= 11 is 4.61. The van der Waals surface area contributed by atoms with Crippen molar-refractivity contribution in [2.45, 2.75) is 0 Å². The van der Waals surface area contributed by atoms with Gasteiger partial charge in [0.2, 0.25) is 0 Å². The van der Waals surface area contributed by atoms with Crippen LogP contribution in [0.15, 0.2) is 40.2 Å². The Balaban J connectivity index is 2.13. The molecule has 2 rings (SSSR count). The van der Waals surface area contributed by atoms with Crippen molar-refractivity contribution in [3.05, 3.63) is 50.9 Å². The Morgan fingerprint density at radius 3 is 2.75 bits per heavy atom. The minimum Gasteiger partial charge on any atom is -0.321 e. The summed E-state index contributed by atoms with van der Waals surface area (Å²) in [5.74, 6) is -0.605. The lowest BCUT2D eigenvalue weighted by molar-refractivity contribution is 0.103. The molecule has 16 heavy (non-hydrogen) atoms. The molecular formula is C11H7BrFNOS. The van der Waals surface area contributed by atoms with E-state index in [0.717, 1.165) is 3.79 Å². The number of carbonyl (C=O) groups is 1. The van der Waals surface area contributed by atoms with Crippen LogP contribution in [0.1, 0.15) is 9.67 Å². The van der Waals surface area contributed by atoms with Gasteiger partial charge in [-0.3, -0.25) is 4.79 Å². The molecule has 1 amide bonds. The number of carbonyl (C=O) groups excluding carboxylic acids is 1. The van der Waals surface area contributed by atoms with E-state index in [2.05, 4.69) is 21.2 Å². The van der Waals surface area contributed by atoms with Crippen molar-refractivity contribution in [1.29, 1.82) is 0 Å². The quantitative estimate of drug-likeness (QED) is 0.895. The maximum Gasteiger partial charge on any atom is 0.265 e. The van der Waals surface area contributed by atoms with Gasteiger partial charge in [-0.25, -0.2) is 4.39 Å². The highest BCUT2D eigenvalue weighted by molar-refractivity contribution is 9.11. The molecule has 5 heteroatoms. The summed E-state index contributed by atoms with van der Waals surface area (Å²) in [7, 11) is 0. The third-order valence-corrected chi connectivity index (χ3v) is 3.50. The lowest BCUT2D eigenvalue weighted by atomic mass is 10.3. The van der Waals surface area contributed by atoms with Crippen LogP contribution in [0.2, 0.25) is 0 Å². The Bertz CT molecular complexity index is 526. The molecular weight excluding hydrogens is 293 g/mol. The molecule has 1 aromatic heterocycles. The molecule has 0 aliphatic carbocycles. The van der Waals surface area contributed by atoms with Gasteiger partial charge >= 0.3 is 0 Å². The van der Waals surface area contributed by atoms with Gasteiger partial charge in [0.25, 0.3) is 5.91 Å². The van der Waals surface area contributed by atoms with Crippen molar-refractivity contribution >= 4 is 38.9 Å². The normalized spacial score (nSPS) is 10.1. The van der Waals surface area contributed by atoms with Crippen LogP contribution < -0.4 is 5.32 Å². The predicted molar refractivity (Wildman–Crippen MR) is 66.4 cm³/mol. The van der Waals surface area contributed by atoms with E-state index >= 15 is 0 Å². The summed E-state index contributed by atoms with van der Waals surface area (Å²) in [4.78, 5) is 12.3. The molecule has 0 saturated heterocycles. The van der Waals surface area contributed by atoms with E-state index < -0.39 is 0 Å². The second kappa shape index (κ2) is 4.76. The fourth-order valence-electron chi connectivity index (χ4n) is 1.20. The maximum atomic E-state index is 12.9. The standard InChI is InChI=1S/C11H7BrFNOS/c12-10-5-4-9(16-10)11(15)14-8-3-1-2-7(13)6-8/h1-6H,(H,14,15). The number of hydrogen-bond donors (Lipinski definition) is 1. The number of amides is 1. The lowest BCUT2D eigenvalue weighted by Gasteiger charge is -2.02. The van der Waals surface area contributed by atoms with Crippen LogP contribution in [0.3, 0.4) is 0 Å². The molecule has 0 aliphatic heterocycles. The van der Waals surface area contributed by atoms with E-state index in [1.54, 1.807) is 24.3 Å². The van der Waals surface area contributed by atoms with Crippen LogP contribution in [0.4, 0.5) is 10.1 Å². The number of thiophene rings is 1. The molecule has 1 N–H and O–H groups in total. The van der Waals surface area contributed by atoms with Gasteiger partial charge in [0.05, 0.1) is 8.66 Å². The minimum absolute atomic E-state index is 0.235. The number of benzene rings is 1. The van der Waals surface area contributed by atoms with E-state index in [-0.39, 0.29) is 11.7 Å². The summed E-state index contributed by atoms with van der Waals surface area (Å²) in [6, 6.07) is 9.31. The van der Waals surface area contributed by atoms with Crippen molar-refractivity contribution < 1.29 is 9.18 Å². The molecule has 0 bridgehead atoms. The van der Waals surface area contributed by atoms with Gasteiger partial charge in [-0.1, -0.05) is 6.07 Å². The topological polar surface area (TPSA) is 29.1 Å². The molecule has 0 unspecified atom stereocenters. The van der Waals surface area contributed by atoms with Crippen LogP contribution in [0, 0.1) is 5.82 Å². The summed E-state index contributed by atoms with van der Waals surface area (Å²) in [5.41, 5.74) is 0.453. The summed E-state index contributed by atoms with van der Waals surface area (Å²) in [6.45, 7) is 0. The van der Waals surface area contributed by atoms with Crippen LogP contribution in [-0.2, 0) is 0 Å². The second-order valence-corrected chi connectivity index (χ2v) is 5.53. The van der Waals surface area contributed by atoms with E-state index in [4.69, 9.17) is 0 Å². The highest BCUT2D eigenvalue weighted by Gasteiger charge is 2.08. The predicted octanol–water partition coefficient (Wildman–Crippen LogP) is 3.90. The Hall–Kier alpha value is -1.20. The minimum atomic E-state index is -0.370. The Kier molecular flexibility index (Phi) is 3.36. The van der Waals surface area contributed by atoms with E-state index in [1.807, 2.05) is 0 Å². The zero-order chi connectivity index (χ0) is 11.5. The average Bonchev–Trinajstić information content (AvgIpc) is 2.65. The van der Waals surface area contributed by atoms with Crippen molar-refractivity contribution in [2.75, 3.05) is 5.32 Å². The van der Waals surface area contributed by atoms with Gasteiger partial charge in [0.15, 0.2) is 0 Å². The van der Waals surface area contributed by atoms with Crippen molar-refractivity contribution in [2.24, 2.45) is 0 Å². The zero-order valence-corrected chi connectivity index (χ0v) is 10.4. The van der Waals surface area contributed by atoms with Gasteiger partial charge in [-0.15, -0.1) is 11.3 Å². The van der Waals surface area contributed by atoms with Gasteiger partial charge in [0.1, 0.15) is 5.82 Å². The first-order valence-electron chi connectivity index (χ1n) is 4.47. The molecule has 2 nitrogen and oxygen atoms in total. The summed E-state index contributed by atoms with van der Waals surface area (Å²) in [5, 5.41) is 2.62. The first-order valence-corrected chi connectivity index (χ1v) is 6.08. The average molecular weight is 300 g/mol. The monoisotopic (exact) mass is 299 g/mol. The van der Waals surface area contributed by atoms with Gasteiger partial charge < -0.3 is 5.32 Å². The number of rotatable bonds is 2. The highest BCUT2D eigenvalue weighted by atomic mass is 79.9. The Morgan fingerprint density at radius 2 is 2.12 bits per heavy atom. The van der Waals surface area contributed by atoms with Gasteiger partial charge in [-0.05, 0) is 46.3 Å². The SMILES string of the molecule is O=C(Nc1cccc(F)c1)c1ccc(Br)s1. The second-order valence-electron chi connectivity index (χ2n) is 3.07. The molecule has 82 valence electrons. The molecule has 1 aromatic carbocycles. The fourth-order valence-corrected chi connectivity index (χ4v) is 2.48. The lowest BCUT2D eigenvalue weighted by Crippen LogP contribution is -2.09. The molecule has 0 fully saturated rings. The summed E-state index contributed by atoms with van der Waals surface area (Å²) < 4.78 is 13.8. The molecule has 0 atom stereocenters. The van der Waals surface area contributed by atoms with Gasteiger partial charge in [-0.2, -0.15) is 0 Å². The highest BCUT2D eigenvalue weighted by Crippen LogP contribution is 2.23. The maximum absolute atomic E-state index is 12.9. The van der Waals surface area contributed by atoms with Crippen LogP contribution >= 0.6 is 27.3 Å². The third kappa shape index (κ3) is 2.68. The Morgan fingerprint density at radius 1 is 1.31 bits per heavy atom. The number of anilines is 1.